The van der Waals surface area contributed by atoms with Gasteiger partial charge in [-0.3, -0.25) is 9.59 Å². The van der Waals surface area contributed by atoms with Gasteiger partial charge < -0.3 is 9.80 Å². The van der Waals surface area contributed by atoms with Crippen molar-refractivity contribution < 1.29 is 9.59 Å². The molecule has 1 saturated carbocycles. The van der Waals surface area contributed by atoms with Crippen molar-refractivity contribution in [1.29, 1.82) is 0 Å². The highest BCUT2D eigenvalue weighted by Crippen LogP contribution is 2.29. The van der Waals surface area contributed by atoms with Crippen LogP contribution in [0.15, 0.2) is 0 Å². The summed E-state index contributed by atoms with van der Waals surface area (Å²) in [5.41, 5.74) is 0. The Labute approximate surface area is 103 Å². The van der Waals surface area contributed by atoms with E-state index in [-0.39, 0.29) is 17.7 Å². The maximum absolute atomic E-state index is 12.0. The lowest BCUT2D eigenvalue weighted by molar-refractivity contribution is -0.133. The minimum atomic E-state index is -0.112. The predicted molar refractivity (Wildman–Crippen MR) is 65.4 cm³/mol. The summed E-state index contributed by atoms with van der Waals surface area (Å²) >= 11 is 0. The van der Waals surface area contributed by atoms with Crippen molar-refractivity contribution in [3.63, 3.8) is 0 Å². The Morgan fingerprint density at radius 3 is 2.47 bits per heavy atom. The van der Waals surface area contributed by atoms with Crippen molar-refractivity contribution >= 4 is 11.8 Å². The summed E-state index contributed by atoms with van der Waals surface area (Å²) in [6, 6.07) is 0.399. The average Bonchev–Trinajstić information content (AvgIpc) is 2.71. The molecule has 1 aliphatic carbocycles. The molecule has 2 amide bonds. The quantitative estimate of drug-likeness (QED) is 0.726. The zero-order chi connectivity index (χ0) is 12.4. The van der Waals surface area contributed by atoms with Gasteiger partial charge in [0.05, 0.1) is 5.92 Å². The van der Waals surface area contributed by atoms with Crippen LogP contribution in [-0.2, 0) is 9.59 Å². The fraction of sp³-hybridized carbons (Fsp3) is 0.846. The molecule has 0 aromatic carbocycles. The number of nitrogens with zero attached hydrogens (tertiary/aromatic N) is 2. The monoisotopic (exact) mass is 238 g/mol. The van der Waals surface area contributed by atoms with E-state index >= 15 is 0 Å². The molecule has 1 saturated heterocycles. The van der Waals surface area contributed by atoms with E-state index in [0.29, 0.717) is 19.0 Å². The van der Waals surface area contributed by atoms with Crippen LogP contribution in [0.3, 0.4) is 0 Å². The molecule has 0 aromatic heterocycles. The third-order valence-electron chi connectivity index (χ3n) is 3.96. The summed E-state index contributed by atoms with van der Waals surface area (Å²) in [7, 11) is 3.52. The van der Waals surface area contributed by atoms with Gasteiger partial charge in [-0.15, -0.1) is 0 Å². The van der Waals surface area contributed by atoms with E-state index in [2.05, 4.69) is 0 Å². The topological polar surface area (TPSA) is 40.6 Å². The Hall–Kier alpha value is -1.06. The fourth-order valence-electron chi connectivity index (χ4n) is 3.01. The van der Waals surface area contributed by atoms with Gasteiger partial charge in [-0.2, -0.15) is 0 Å². The number of amides is 2. The predicted octanol–water partition coefficient (Wildman–Crippen LogP) is 1.26. The summed E-state index contributed by atoms with van der Waals surface area (Å²) in [4.78, 5) is 27.4. The van der Waals surface area contributed by atoms with Crippen molar-refractivity contribution in [2.24, 2.45) is 5.92 Å². The molecule has 17 heavy (non-hydrogen) atoms. The average molecular weight is 238 g/mol. The smallest absolute Gasteiger partial charge is 0.227 e. The van der Waals surface area contributed by atoms with Gasteiger partial charge in [0.1, 0.15) is 0 Å². The summed E-state index contributed by atoms with van der Waals surface area (Å²) in [5.74, 6) is 0.160. The lowest BCUT2D eigenvalue weighted by atomic mass is 9.94. The maximum Gasteiger partial charge on any atom is 0.227 e. The zero-order valence-corrected chi connectivity index (χ0v) is 10.8. The van der Waals surface area contributed by atoms with Gasteiger partial charge in [0, 0.05) is 33.1 Å². The lowest BCUT2D eigenvalue weighted by Gasteiger charge is -2.31. The fourth-order valence-corrected chi connectivity index (χ4v) is 3.01. The van der Waals surface area contributed by atoms with E-state index in [4.69, 9.17) is 0 Å². The first-order chi connectivity index (χ1) is 8.09. The van der Waals surface area contributed by atoms with Crippen molar-refractivity contribution in [3.8, 4) is 0 Å². The Bertz CT molecular complexity index is 309. The van der Waals surface area contributed by atoms with E-state index in [1.165, 1.54) is 19.3 Å². The van der Waals surface area contributed by atoms with Crippen molar-refractivity contribution in [3.05, 3.63) is 0 Å². The van der Waals surface area contributed by atoms with Gasteiger partial charge in [-0.05, 0) is 12.8 Å². The first-order valence-corrected chi connectivity index (χ1v) is 6.60. The Kier molecular flexibility index (Phi) is 3.69. The molecule has 1 aliphatic heterocycles. The van der Waals surface area contributed by atoms with E-state index in [1.807, 2.05) is 4.90 Å². The molecule has 0 aromatic rings. The second kappa shape index (κ2) is 5.07. The molecule has 4 nitrogen and oxygen atoms in total. The number of likely N-dealkylation sites (tertiary alicyclic amines) is 1. The van der Waals surface area contributed by atoms with Gasteiger partial charge >= 0.3 is 0 Å². The van der Waals surface area contributed by atoms with Crippen LogP contribution in [0.2, 0.25) is 0 Å². The van der Waals surface area contributed by atoms with Crippen molar-refractivity contribution in [2.45, 2.75) is 44.6 Å². The maximum atomic E-state index is 12.0. The third kappa shape index (κ3) is 2.61. The SMILES string of the molecule is CN(C)C(=O)[C@H]1CC(=O)N(C2CCCCC2)C1. The van der Waals surface area contributed by atoms with Crippen LogP contribution in [0.4, 0.5) is 0 Å². The molecule has 96 valence electrons. The Morgan fingerprint density at radius 2 is 1.88 bits per heavy atom. The normalized spacial score (nSPS) is 26.4. The van der Waals surface area contributed by atoms with Crippen molar-refractivity contribution in [2.75, 3.05) is 20.6 Å². The van der Waals surface area contributed by atoms with Crippen LogP contribution in [0.1, 0.15) is 38.5 Å². The van der Waals surface area contributed by atoms with E-state index in [0.717, 1.165) is 12.8 Å². The molecule has 1 heterocycles. The second-order valence-electron chi connectivity index (χ2n) is 5.47. The van der Waals surface area contributed by atoms with Crippen LogP contribution in [0.25, 0.3) is 0 Å². The number of carbonyl (C=O) groups excluding carboxylic acids is 2. The molecule has 2 aliphatic rings. The molecule has 0 radical (unpaired) electrons. The van der Waals surface area contributed by atoms with Gasteiger partial charge in [0.15, 0.2) is 0 Å². The molecule has 0 unspecified atom stereocenters. The number of carbonyl (C=O) groups is 2. The second-order valence-corrected chi connectivity index (χ2v) is 5.47. The van der Waals surface area contributed by atoms with Gasteiger partial charge in [-0.1, -0.05) is 19.3 Å². The highest BCUT2D eigenvalue weighted by Gasteiger charge is 2.38. The minimum absolute atomic E-state index is 0.0941. The van der Waals surface area contributed by atoms with E-state index in [1.54, 1.807) is 19.0 Å². The summed E-state index contributed by atoms with van der Waals surface area (Å²) < 4.78 is 0. The van der Waals surface area contributed by atoms with Crippen molar-refractivity contribution in [1.82, 2.24) is 9.80 Å². The summed E-state index contributed by atoms with van der Waals surface area (Å²) in [6.07, 6.45) is 6.39. The van der Waals surface area contributed by atoms with Crippen LogP contribution in [-0.4, -0.2) is 48.3 Å². The molecule has 0 N–H and O–H groups in total. The first-order valence-electron chi connectivity index (χ1n) is 6.60. The highest BCUT2D eigenvalue weighted by molar-refractivity contribution is 5.89. The summed E-state index contributed by atoms with van der Waals surface area (Å²) in [6.45, 7) is 0.639. The lowest BCUT2D eigenvalue weighted by Crippen LogP contribution is -2.39. The molecule has 0 spiro atoms. The minimum Gasteiger partial charge on any atom is -0.349 e. The molecule has 2 rings (SSSR count). The molecule has 1 atom stereocenters. The van der Waals surface area contributed by atoms with E-state index in [9.17, 15) is 9.59 Å². The standard InChI is InChI=1S/C13H22N2O2/c1-14(2)13(17)10-8-12(16)15(9-10)11-6-4-3-5-7-11/h10-11H,3-9H2,1-2H3/t10-/m0/s1. The number of rotatable bonds is 2. The molecular formula is C13H22N2O2. The first kappa shape index (κ1) is 12.4. The Balaban J connectivity index is 1.97. The number of hydrogen-bond donors (Lipinski definition) is 0. The number of hydrogen-bond acceptors (Lipinski definition) is 2. The highest BCUT2D eigenvalue weighted by atomic mass is 16.2. The van der Waals surface area contributed by atoms with E-state index < -0.39 is 0 Å². The third-order valence-corrected chi connectivity index (χ3v) is 3.96. The van der Waals surface area contributed by atoms with Crippen LogP contribution in [0, 0.1) is 5.92 Å². The van der Waals surface area contributed by atoms with Gasteiger partial charge in [-0.25, -0.2) is 0 Å². The van der Waals surface area contributed by atoms with Crippen LogP contribution < -0.4 is 0 Å². The molecule has 2 fully saturated rings. The van der Waals surface area contributed by atoms with Gasteiger partial charge in [0.25, 0.3) is 0 Å². The molecule has 4 heteroatoms. The molecular weight excluding hydrogens is 216 g/mol. The van der Waals surface area contributed by atoms with Crippen LogP contribution in [0.5, 0.6) is 0 Å². The Morgan fingerprint density at radius 1 is 1.24 bits per heavy atom. The largest absolute Gasteiger partial charge is 0.349 e. The van der Waals surface area contributed by atoms with Crippen LogP contribution >= 0.6 is 0 Å². The molecule has 0 bridgehead atoms. The summed E-state index contributed by atoms with van der Waals surface area (Å²) in [5, 5.41) is 0. The van der Waals surface area contributed by atoms with Gasteiger partial charge in [0.2, 0.25) is 11.8 Å². The zero-order valence-electron chi connectivity index (χ0n) is 10.8.